The predicted molar refractivity (Wildman–Crippen MR) is 47.3 cm³/mol. The van der Waals surface area contributed by atoms with Crippen molar-refractivity contribution in [2.24, 2.45) is 0 Å². The average molecular weight is 222 g/mol. The lowest BCUT2D eigenvalue weighted by atomic mass is 10.3. The van der Waals surface area contributed by atoms with Crippen LogP contribution in [0, 0.1) is 0 Å². The Balaban J connectivity index is 0.000000461. The van der Waals surface area contributed by atoms with E-state index in [2.05, 4.69) is 15.9 Å². The molecule has 3 N–H and O–H groups in total. The van der Waals surface area contributed by atoms with Crippen molar-refractivity contribution in [3.05, 3.63) is 22.7 Å². The molecule has 0 heterocycles. The van der Waals surface area contributed by atoms with Crippen molar-refractivity contribution in [1.82, 2.24) is 0 Å². The molecule has 1 rings (SSSR count). The summed E-state index contributed by atoms with van der Waals surface area (Å²) in [5.41, 5.74) is 5.73. The monoisotopic (exact) mass is 221 g/mol. The Hall–Kier alpha value is -0.770. The highest BCUT2D eigenvalue weighted by molar-refractivity contribution is 9.10. The van der Waals surface area contributed by atoms with Crippen molar-refractivity contribution in [2.45, 2.75) is 0 Å². The fraction of sp³-hybridized carbons (Fsp3) is 0.143. The molecule has 0 saturated heterocycles. The summed E-state index contributed by atoms with van der Waals surface area (Å²) in [7, 11) is 0.500. The normalized spacial score (nSPS) is 8.27. The summed E-state index contributed by atoms with van der Waals surface area (Å²) < 4.78 is 10.4. The van der Waals surface area contributed by atoms with Gasteiger partial charge in [0.15, 0.2) is 0 Å². The van der Waals surface area contributed by atoms with Crippen LogP contribution in [0.5, 0.6) is 5.75 Å². The number of benzene rings is 1. The van der Waals surface area contributed by atoms with Gasteiger partial charge in [0.05, 0.1) is 12.9 Å². The Labute approximate surface area is 73.0 Å². The van der Waals surface area contributed by atoms with Crippen LogP contribution in [-0.2, 0) is 0 Å². The molecular weight excluding hydrogens is 213 g/mol. The van der Waals surface area contributed by atoms with E-state index in [-0.39, 0.29) is 5.75 Å². The highest BCUT2D eigenvalue weighted by atomic mass is 79.9. The molecule has 0 unspecified atom stereocenters. The van der Waals surface area contributed by atoms with E-state index in [4.69, 9.17) is 10.8 Å². The van der Waals surface area contributed by atoms with Gasteiger partial charge in [0.25, 0.3) is 0 Å². The number of phenols is 1. The molecule has 0 aliphatic rings. The number of aromatic hydroxyl groups is 1. The van der Waals surface area contributed by atoms with Crippen LogP contribution in [0.4, 0.5) is 10.1 Å². The Morgan fingerprint density at radius 1 is 1.45 bits per heavy atom. The third kappa shape index (κ3) is 3.23. The van der Waals surface area contributed by atoms with Gasteiger partial charge in [-0.05, 0) is 18.2 Å². The van der Waals surface area contributed by atoms with Crippen molar-refractivity contribution in [2.75, 3.05) is 12.9 Å². The molecule has 0 spiro atoms. The molecule has 0 saturated carbocycles. The number of hydrogen-bond donors (Lipinski definition) is 2. The topological polar surface area (TPSA) is 46.2 Å². The van der Waals surface area contributed by atoms with Crippen molar-refractivity contribution >= 4 is 21.6 Å². The highest BCUT2D eigenvalue weighted by Crippen LogP contribution is 2.22. The summed E-state index contributed by atoms with van der Waals surface area (Å²) in [6, 6.07) is 4.92. The van der Waals surface area contributed by atoms with Crippen LogP contribution >= 0.6 is 15.9 Å². The standard InChI is InChI=1S/C6H6BrNO.CH3F/c7-4-1-2-6(9)5(8)3-4;1-2/h1-3,9H,8H2;1H3. The molecule has 2 nitrogen and oxygen atoms in total. The molecule has 0 aromatic heterocycles. The van der Waals surface area contributed by atoms with Gasteiger partial charge in [0, 0.05) is 4.47 Å². The third-order valence-corrected chi connectivity index (χ3v) is 1.48. The molecule has 4 heteroatoms. The second-order valence-corrected chi connectivity index (χ2v) is 2.62. The summed E-state index contributed by atoms with van der Waals surface area (Å²) in [6.07, 6.45) is 0. The summed E-state index contributed by atoms with van der Waals surface area (Å²) in [4.78, 5) is 0. The van der Waals surface area contributed by atoms with Crippen molar-refractivity contribution in [1.29, 1.82) is 0 Å². The second kappa shape index (κ2) is 4.96. The lowest BCUT2D eigenvalue weighted by Gasteiger charge is -1.96. The average Bonchev–Trinajstić information content (AvgIpc) is 2.02. The molecule has 0 bridgehead atoms. The molecule has 0 radical (unpaired) electrons. The minimum absolute atomic E-state index is 0.123. The van der Waals surface area contributed by atoms with E-state index in [1.54, 1.807) is 18.2 Å². The van der Waals surface area contributed by atoms with Gasteiger partial charge >= 0.3 is 0 Å². The first-order valence-corrected chi connectivity index (χ1v) is 3.61. The van der Waals surface area contributed by atoms with Gasteiger partial charge in [0.1, 0.15) is 5.75 Å². The van der Waals surface area contributed by atoms with Crippen molar-refractivity contribution in [3.8, 4) is 5.75 Å². The van der Waals surface area contributed by atoms with Crippen LogP contribution in [0.3, 0.4) is 0 Å². The number of nitrogen functional groups attached to an aromatic ring is 1. The number of anilines is 1. The first-order chi connectivity index (χ1) is 5.20. The van der Waals surface area contributed by atoms with Crippen LogP contribution in [0.15, 0.2) is 22.7 Å². The Bertz CT molecular complexity index is 230. The van der Waals surface area contributed by atoms with Gasteiger partial charge in [-0.1, -0.05) is 15.9 Å². The highest BCUT2D eigenvalue weighted by Gasteiger charge is 1.93. The van der Waals surface area contributed by atoms with E-state index in [0.717, 1.165) is 4.47 Å². The van der Waals surface area contributed by atoms with Crippen LogP contribution in [0.2, 0.25) is 0 Å². The molecule has 62 valence electrons. The summed E-state index contributed by atoms with van der Waals surface area (Å²) >= 11 is 3.21. The van der Waals surface area contributed by atoms with Gasteiger partial charge in [-0.25, -0.2) is 0 Å². The maximum atomic E-state index is 9.50. The lowest BCUT2D eigenvalue weighted by molar-refractivity contribution is 0.478. The molecule has 1 aromatic rings. The van der Waals surface area contributed by atoms with Gasteiger partial charge in [0.2, 0.25) is 0 Å². The summed E-state index contributed by atoms with van der Waals surface area (Å²) in [5.74, 6) is 0.123. The second-order valence-electron chi connectivity index (χ2n) is 1.70. The zero-order valence-corrected chi connectivity index (χ0v) is 7.60. The number of halogens is 2. The third-order valence-electron chi connectivity index (χ3n) is 0.990. The smallest absolute Gasteiger partial charge is 0.138 e. The van der Waals surface area contributed by atoms with Crippen LogP contribution in [-0.4, -0.2) is 12.3 Å². The van der Waals surface area contributed by atoms with Crippen LogP contribution in [0.25, 0.3) is 0 Å². The Morgan fingerprint density at radius 2 is 2.00 bits per heavy atom. The first kappa shape index (κ1) is 10.2. The largest absolute Gasteiger partial charge is 0.506 e. The first-order valence-electron chi connectivity index (χ1n) is 2.82. The van der Waals surface area contributed by atoms with E-state index < -0.39 is 0 Å². The van der Waals surface area contributed by atoms with Gasteiger partial charge < -0.3 is 10.8 Å². The zero-order valence-electron chi connectivity index (χ0n) is 6.01. The number of rotatable bonds is 0. The molecule has 0 aliphatic heterocycles. The minimum Gasteiger partial charge on any atom is -0.506 e. The molecule has 0 atom stereocenters. The zero-order chi connectivity index (χ0) is 8.85. The lowest BCUT2D eigenvalue weighted by Crippen LogP contribution is -1.83. The molecule has 11 heavy (non-hydrogen) atoms. The quantitative estimate of drug-likeness (QED) is 0.522. The van der Waals surface area contributed by atoms with E-state index in [0.29, 0.717) is 12.9 Å². The maximum Gasteiger partial charge on any atom is 0.138 e. The van der Waals surface area contributed by atoms with Crippen LogP contribution in [0.1, 0.15) is 0 Å². The molecule has 0 fully saturated rings. The van der Waals surface area contributed by atoms with E-state index >= 15 is 0 Å². The van der Waals surface area contributed by atoms with Gasteiger partial charge in [-0.15, -0.1) is 0 Å². The molecular formula is C7H9BrFNO. The van der Waals surface area contributed by atoms with E-state index in [1.165, 1.54) is 0 Å². The number of alkyl halides is 1. The number of nitrogens with two attached hydrogens (primary N) is 1. The summed E-state index contributed by atoms with van der Waals surface area (Å²) in [5, 5.41) is 8.90. The Kier molecular flexibility index (Phi) is 4.61. The van der Waals surface area contributed by atoms with Crippen LogP contribution < -0.4 is 5.73 Å². The molecule has 0 aliphatic carbocycles. The molecule has 1 aromatic carbocycles. The van der Waals surface area contributed by atoms with Gasteiger partial charge in [-0.2, -0.15) is 0 Å². The Morgan fingerprint density at radius 3 is 2.36 bits per heavy atom. The number of hydrogen-bond acceptors (Lipinski definition) is 2. The SMILES string of the molecule is CF.Nc1cc(Br)ccc1O. The maximum absolute atomic E-state index is 9.50. The predicted octanol–water partition coefficient (Wildman–Crippen LogP) is 2.32. The fourth-order valence-electron chi connectivity index (χ4n) is 0.525. The van der Waals surface area contributed by atoms with E-state index in [1.807, 2.05) is 0 Å². The summed E-state index contributed by atoms with van der Waals surface area (Å²) in [6.45, 7) is 0. The van der Waals surface area contributed by atoms with Crippen molar-refractivity contribution in [3.63, 3.8) is 0 Å². The van der Waals surface area contributed by atoms with E-state index in [9.17, 15) is 4.39 Å². The molecule has 0 amide bonds. The minimum atomic E-state index is 0.123. The number of phenolic OH excluding ortho intramolecular Hbond substituents is 1. The van der Waals surface area contributed by atoms with Crippen molar-refractivity contribution < 1.29 is 9.50 Å². The fourth-order valence-corrected chi connectivity index (χ4v) is 0.904. The van der Waals surface area contributed by atoms with Gasteiger partial charge in [-0.3, -0.25) is 4.39 Å².